The van der Waals surface area contributed by atoms with E-state index in [0.717, 1.165) is 3.57 Å². The summed E-state index contributed by atoms with van der Waals surface area (Å²) in [5.74, 6) is 0.141. The number of alkyl halides is 1. The number of nitrogens with one attached hydrogen (secondary N) is 1. The van der Waals surface area contributed by atoms with Crippen LogP contribution in [-0.4, -0.2) is 16.9 Å². The molecule has 76 valence electrons. The molecule has 0 aliphatic carbocycles. The molecule has 0 spiro atoms. The van der Waals surface area contributed by atoms with Crippen LogP contribution >= 0.6 is 34.2 Å². The number of aromatic hydroxyl groups is 1. The van der Waals surface area contributed by atoms with E-state index in [1.165, 1.54) is 6.07 Å². The number of amides is 1. The van der Waals surface area contributed by atoms with E-state index >= 15 is 0 Å². The number of hydrogen-bond donors (Lipinski definition) is 2. The van der Waals surface area contributed by atoms with Gasteiger partial charge in [-0.25, -0.2) is 0 Å². The zero-order valence-corrected chi connectivity index (χ0v) is 10.2. The van der Waals surface area contributed by atoms with Crippen molar-refractivity contribution in [1.82, 2.24) is 0 Å². The van der Waals surface area contributed by atoms with Crippen LogP contribution in [0.25, 0.3) is 0 Å². The number of carbonyl (C=O) groups is 1. The average Bonchev–Trinajstić information content (AvgIpc) is 2.12. The van der Waals surface area contributed by atoms with Crippen molar-refractivity contribution in [2.45, 2.75) is 6.42 Å². The number of anilines is 1. The van der Waals surface area contributed by atoms with Crippen LogP contribution in [-0.2, 0) is 4.79 Å². The van der Waals surface area contributed by atoms with Crippen LogP contribution in [0.15, 0.2) is 18.2 Å². The minimum Gasteiger partial charge on any atom is -0.506 e. The van der Waals surface area contributed by atoms with Gasteiger partial charge in [0.2, 0.25) is 5.91 Å². The fourth-order valence-corrected chi connectivity index (χ4v) is 1.57. The molecule has 0 saturated heterocycles. The van der Waals surface area contributed by atoms with Gasteiger partial charge in [-0.3, -0.25) is 4.79 Å². The number of phenols is 1. The SMILES string of the molecule is O=C(CCCl)Nc1cc(I)ccc1O. The molecule has 0 radical (unpaired) electrons. The van der Waals surface area contributed by atoms with Crippen LogP contribution < -0.4 is 5.32 Å². The van der Waals surface area contributed by atoms with E-state index in [0.29, 0.717) is 5.69 Å². The van der Waals surface area contributed by atoms with Crippen LogP contribution in [0, 0.1) is 3.57 Å². The van der Waals surface area contributed by atoms with Gasteiger partial charge in [-0.1, -0.05) is 0 Å². The molecule has 0 fully saturated rings. The first-order chi connectivity index (χ1) is 6.63. The average molecular weight is 326 g/mol. The van der Waals surface area contributed by atoms with Gasteiger partial charge in [-0.05, 0) is 40.8 Å². The Balaban J connectivity index is 2.75. The van der Waals surface area contributed by atoms with E-state index in [9.17, 15) is 9.90 Å². The highest BCUT2D eigenvalue weighted by Gasteiger charge is 2.05. The minimum atomic E-state index is -0.197. The smallest absolute Gasteiger partial charge is 0.225 e. The van der Waals surface area contributed by atoms with Gasteiger partial charge in [0, 0.05) is 15.9 Å². The van der Waals surface area contributed by atoms with Gasteiger partial charge in [-0.15, -0.1) is 11.6 Å². The monoisotopic (exact) mass is 325 g/mol. The third-order valence-electron chi connectivity index (χ3n) is 1.55. The van der Waals surface area contributed by atoms with Crippen LogP contribution in [0.1, 0.15) is 6.42 Å². The topological polar surface area (TPSA) is 49.3 Å². The quantitative estimate of drug-likeness (QED) is 0.510. The summed E-state index contributed by atoms with van der Waals surface area (Å²) >= 11 is 7.51. The molecule has 1 aromatic carbocycles. The largest absolute Gasteiger partial charge is 0.506 e. The molecule has 0 unspecified atom stereocenters. The van der Waals surface area contributed by atoms with Crippen LogP contribution in [0.5, 0.6) is 5.75 Å². The van der Waals surface area contributed by atoms with Gasteiger partial charge >= 0.3 is 0 Å². The molecule has 0 aliphatic rings. The molecular weight excluding hydrogens is 316 g/mol. The van der Waals surface area contributed by atoms with Gasteiger partial charge < -0.3 is 10.4 Å². The van der Waals surface area contributed by atoms with Crippen molar-refractivity contribution in [2.75, 3.05) is 11.2 Å². The molecule has 1 rings (SSSR count). The number of hydrogen-bond acceptors (Lipinski definition) is 2. The van der Waals surface area contributed by atoms with Crippen LogP contribution in [0.3, 0.4) is 0 Å². The van der Waals surface area contributed by atoms with E-state index in [1.807, 2.05) is 0 Å². The molecule has 1 aromatic rings. The van der Waals surface area contributed by atoms with Crippen molar-refractivity contribution in [2.24, 2.45) is 0 Å². The third kappa shape index (κ3) is 3.34. The zero-order valence-electron chi connectivity index (χ0n) is 7.26. The summed E-state index contributed by atoms with van der Waals surface area (Å²) in [4.78, 5) is 11.2. The predicted octanol–water partition coefficient (Wildman–Crippen LogP) is 2.56. The molecule has 2 N–H and O–H groups in total. The second kappa shape index (κ2) is 5.41. The molecule has 0 aliphatic heterocycles. The summed E-state index contributed by atoms with van der Waals surface area (Å²) in [5.41, 5.74) is 0.423. The molecule has 3 nitrogen and oxygen atoms in total. The Bertz CT molecular complexity index is 344. The van der Waals surface area contributed by atoms with Crippen molar-refractivity contribution in [3.63, 3.8) is 0 Å². The lowest BCUT2D eigenvalue weighted by Gasteiger charge is -2.06. The fraction of sp³-hybridized carbons (Fsp3) is 0.222. The first-order valence-electron chi connectivity index (χ1n) is 3.98. The molecule has 0 saturated carbocycles. The van der Waals surface area contributed by atoms with Crippen molar-refractivity contribution in [1.29, 1.82) is 0 Å². The van der Waals surface area contributed by atoms with Gasteiger partial charge in [0.1, 0.15) is 5.75 Å². The van der Waals surface area contributed by atoms with E-state index in [2.05, 4.69) is 27.9 Å². The van der Waals surface area contributed by atoms with Crippen LogP contribution in [0.2, 0.25) is 0 Å². The Morgan fingerprint density at radius 2 is 2.29 bits per heavy atom. The van der Waals surface area contributed by atoms with Gasteiger partial charge in [0.25, 0.3) is 0 Å². The second-order valence-electron chi connectivity index (χ2n) is 2.65. The lowest BCUT2D eigenvalue weighted by atomic mass is 10.3. The highest BCUT2D eigenvalue weighted by molar-refractivity contribution is 14.1. The molecule has 0 heterocycles. The Hall–Kier alpha value is -0.490. The Morgan fingerprint density at radius 1 is 1.57 bits per heavy atom. The standard InChI is InChI=1S/C9H9ClINO2/c10-4-3-9(14)12-7-5-6(11)1-2-8(7)13/h1-2,5,13H,3-4H2,(H,12,14). The molecule has 0 bridgehead atoms. The maximum atomic E-state index is 11.2. The van der Waals surface area contributed by atoms with E-state index in [4.69, 9.17) is 11.6 Å². The summed E-state index contributed by atoms with van der Waals surface area (Å²) in [7, 11) is 0. The van der Waals surface area contributed by atoms with E-state index in [-0.39, 0.29) is 24.0 Å². The van der Waals surface area contributed by atoms with Crippen molar-refractivity contribution >= 4 is 45.8 Å². The first-order valence-corrected chi connectivity index (χ1v) is 5.59. The van der Waals surface area contributed by atoms with Gasteiger partial charge in [0.15, 0.2) is 0 Å². The Labute approximate surface area is 101 Å². The van der Waals surface area contributed by atoms with Gasteiger partial charge in [-0.2, -0.15) is 0 Å². The Kier molecular flexibility index (Phi) is 4.47. The molecule has 14 heavy (non-hydrogen) atoms. The third-order valence-corrected chi connectivity index (χ3v) is 2.41. The summed E-state index contributed by atoms with van der Waals surface area (Å²) in [5, 5.41) is 12.0. The predicted molar refractivity (Wildman–Crippen MR) is 64.8 cm³/mol. The molecule has 0 aromatic heterocycles. The second-order valence-corrected chi connectivity index (χ2v) is 4.27. The first kappa shape index (κ1) is 11.6. The van der Waals surface area contributed by atoms with Gasteiger partial charge in [0.05, 0.1) is 5.69 Å². The molecule has 0 atom stereocenters. The summed E-state index contributed by atoms with van der Waals surface area (Å²) in [6.07, 6.45) is 0.243. The van der Waals surface area contributed by atoms with Crippen molar-refractivity contribution in [3.8, 4) is 5.75 Å². The summed E-state index contributed by atoms with van der Waals surface area (Å²) < 4.78 is 0.946. The maximum Gasteiger partial charge on any atom is 0.225 e. The Morgan fingerprint density at radius 3 is 2.93 bits per heavy atom. The number of phenolic OH excluding ortho intramolecular Hbond substituents is 1. The number of carbonyl (C=O) groups excluding carboxylic acids is 1. The number of halogens is 2. The molecule has 5 heteroatoms. The minimum absolute atomic E-state index is 0.0633. The summed E-state index contributed by atoms with van der Waals surface area (Å²) in [6, 6.07) is 4.99. The zero-order chi connectivity index (χ0) is 10.6. The fourth-order valence-electron chi connectivity index (χ4n) is 0.907. The van der Waals surface area contributed by atoms with E-state index < -0.39 is 0 Å². The van der Waals surface area contributed by atoms with E-state index in [1.54, 1.807) is 12.1 Å². The number of benzene rings is 1. The number of rotatable bonds is 3. The highest BCUT2D eigenvalue weighted by atomic mass is 127. The lowest BCUT2D eigenvalue weighted by molar-refractivity contribution is -0.115. The highest BCUT2D eigenvalue weighted by Crippen LogP contribution is 2.24. The molecule has 1 amide bonds. The lowest BCUT2D eigenvalue weighted by Crippen LogP contribution is -2.11. The normalized spacial score (nSPS) is 9.86. The molecular formula is C9H9ClINO2. The summed E-state index contributed by atoms with van der Waals surface area (Å²) in [6.45, 7) is 0. The van der Waals surface area contributed by atoms with Crippen molar-refractivity contribution in [3.05, 3.63) is 21.8 Å². The maximum absolute atomic E-state index is 11.2. The van der Waals surface area contributed by atoms with Crippen LogP contribution in [0.4, 0.5) is 5.69 Å². The van der Waals surface area contributed by atoms with Crippen molar-refractivity contribution < 1.29 is 9.90 Å².